The average Bonchev–Trinajstić information content (AvgIpc) is 2.96. The summed E-state index contributed by atoms with van der Waals surface area (Å²) < 4.78 is 35.8. The van der Waals surface area contributed by atoms with Crippen LogP contribution in [-0.2, 0) is 26.1 Å². The zero-order chi connectivity index (χ0) is 23.4. The lowest BCUT2D eigenvalue weighted by atomic mass is 9.87. The molecule has 32 heavy (non-hydrogen) atoms. The van der Waals surface area contributed by atoms with Crippen molar-refractivity contribution in [1.29, 1.82) is 0 Å². The zero-order valence-electron chi connectivity index (χ0n) is 18.9. The lowest BCUT2D eigenvalue weighted by Gasteiger charge is -2.25. The molecule has 8 heteroatoms. The van der Waals surface area contributed by atoms with Crippen molar-refractivity contribution in [3.05, 3.63) is 52.7 Å². The number of ether oxygens (including phenoxy) is 1. The Hall–Kier alpha value is -2.84. The third kappa shape index (κ3) is 3.78. The van der Waals surface area contributed by atoms with E-state index >= 15 is 0 Å². The Morgan fingerprint density at radius 3 is 2.41 bits per heavy atom. The first-order chi connectivity index (χ1) is 15.0. The topological polar surface area (TPSA) is 97.6 Å². The SMILES string of the molecule is Cc1ccc(-c2c(C(OC(C)C)C(=O)O)c(C)c3c4c2c(C)cn4CCS(=O)(=O)N3)cc1. The summed E-state index contributed by atoms with van der Waals surface area (Å²) >= 11 is 0. The van der Waals surface area contributed by atoms with Gasteiger partial charge >= 0.3 is 5.97 Å². The fourth-order valence-electron chi connectivity index (χ4n) is 4.51. The lowest BCUT2D eigenvalue weighted by molar-refractivity contribution is -0.153. The van der Waals surface area contributed by atoms with Crippen molar-refractivity contribution < 1.29 is 23.1 Å². The molecule has 0 aliphatic carbocycles. The number of carbonyl (C=O) groups is 1. The molecule has 0 amide bonds. The predicted molar refractivity (Wildman–Crippen MR) is 126 cm³/mol. The number of aliphatic carboxylic acids is 1. The molecule has 1 aromatic heterocycles. The minimum absolute atomic E-state index is 0.0512. The Bertz CT molecular complexity index is 1320. The molecule has 1 aliphatic heterocycles. The van der Waals surface area contributed by atoms with Gasteiger partial charge in [-0.05, 0) is 56.9 Å². The van der Waals surface area contributed by atoms with Crippen molar-refractivity contribution in [2.75, 3.05) is 10.5 Å². The highest BCUT2D eigenvalue weighted by Crippen LogP contribution is 2.46. The van der Waals surface area contributed by atoms with Crippen molar-refractivity contribution in [2.45, 2.75) is 53.4 Å². The van der Waals surface area contributed by atoms with E-state index in [1.807, 2.05) is 48.9 Å². The number of rotatable bonds is 5. The zero-order valence-corrected chi connectivity index (χ0v) is 19.7. The Labute approximate surface area is 188 Å². The maximum absolute atomic E-state index is 12.6. The summed E-state index contributed by atoms with van der Waals surface area (Å²) in [5.74, 6) is -1.17. The largest absolute Gasteiger partial charge is 0.479 e. The molecule has 0 bridgehead atoms. The Morgan fingerprint density at radius 2 is 1.81 bits per heavy atom. The molecule has 0 saturated carbocycles. The fourth-order valence-corrected chi connectivity index (χ4v) is 5.61. The van der Waals surface area contributed by atoms with Gasteiger partial charge in [0, 0.05) is 23.7 Å². The van der Waals surface area contributed by atoms with Crippen LogP contribution in [0.4, 0.5) is 5.69 Å². The van der Waals surface area contributed by atoms with E-state index in [1.54, 1.807) is 20.8 Å². The van der Waals surface area contributed by atoms with Gasteiger partial charge in [0.1, 0.15) is 0 Å². The van der Waals surface area contributed by atoms with Crippen LogP contribution in [0.5, 0.6) is 0 Å². The van der Waals surface area contributed by atoms with Gasteiger partial charge in [0.05, 0.1) is 23.1 Å². The Kier molecular flexibility index (Phi) is 5.55. The number of hydrogen-bond donors (Lipinski definition) is 2. The van der Waals surface area contributed by atoms with Crippen LogP contribution in [0.2, 0.25) is 0 Å². The van der Waals surface area contributed by atoms with Gasteiger partial charge in [-0.15, -0.1) is 0 Å². The second-order valence-electron chi connectivity index (χ2n) is 8.71. The van der Waals surface area contributed by atoms with Crippen molar-refractivity contribution >= 4 is 32.6 Å². The van der Waals surface area contributed by atoms with E-state index in [0.717, 1.165) is 33.2 Å². The van der Waals surface area contributed by atoms with Crippen molar-refractivity contribution in [3.8, 4) is 11.1 Å². The summed E-state index contributed by atoms with van der Waals surface area (Å²) in [5, 5.41) is 11.0. The monoisotopic (exact) mass is 456 g/mol. The number of hydrogen-bond acceptors (Lipinski definition) is 4. The third-order valence-corrected chi connectivity index (χ3v) is 7.13. The summed E-state index contributed by atoms with van der Waals surface area (Å²) in [7, 11) is -3.57. The van der Waals surface area contributed by atoms with E-state index in [-0.39, 0.29) is 11.9 Å². The van der Waals surface area contributed by atoms with E-state index in [1.165, 1.54) is 0 Å². The maximum Gasteiger partial charge on any atom is 0.337 e. The molecule has 4 rings (SSSR count). The van der Waals surface area contributed by atoms with Gasteiger partial charge in [0.2, 0.25) is 10.0 Å². The molecule has 0 fully saturated rings. The number of aryl methyl sites for hydroxylation is 3. The summed E-state index contributed by atoms with van der Waals surface area (Å²) in [6.07, 6.45) is 0.359. The van der Waals surface area contributed by atoms with Crippen LogP contribution in [0.1, 0.15) is 42.2 Å². The van der Waals surface area contributed by atoms with E-state index < -0.39 is 22.1 Å². The first-order valence-electron chi connectivity index (χ1n) is 10.6. The highest BCUT2D eigenvalue weighted by Gasteiger charge is 2.34. The molecular formula is C24H28N2O5S. The smallest absolute Gasteiger partial charge is 0.337 e. The van der Waals surface area contributed by atoms with Gasteiger partial charge in [-0.1, -0.05) is 29.8 Å². The summed E-state index contributed by atoms with van der Waals surface area (Å²) in [6.45, 7) is 9.62. The number of anilines is 1. The molecule has 1 unspecified atom stereocenters. The van der Waals surface area contributed by atoms with Crippen LogP contribution >= 0.6 is 0 Å². The van der Waals surface area contributed by atoms with Gasteiger partial charge in [-0.3, -0.25) is 4.72 Å². The van der Waals surface area contributed by atoms with Gasteiger partial charge in [-0.25, -0.2) is 13.2 Å². The number of nitrogens with zero attached hydrogens (tertiary/aromatic N) is 1. The van der Waals surface area contributed by atoms with Crippen LogP contribution in [0.15, 0.2) is 30.5 Å². The standard InChI is InChI=1S/C24H28N2O5S/c1-13(2)31-23(24(27)28)19-16(5)21-22-18(20(19)17-8-6-14(3)7-9-17)15(4)12-26(22)10-11-32(29,30)25-21/h6-9,12-13,23,25H,10-11H2,1-5H3,(H,27,28). The second kappa shape index (κ2) is 7.94. The summed E-state index contributed by atoms with van der Waals surface area (Å²) in [6, 6.07) is 7.92. The minimum atomic E-state index is -3.57. The molecule has 3 aromatic rings. The molecule has 0 radical (unpaired) electrons. The van der Waals surface area contributed by atoms with Crippen LogP contribution in [0, 0.1) is 20.8 Å². The number of sulfonamides is 1. The molecule has 2 aromatic carbocycles. The number of carboxylic acid groups (broad SMARTS) is 1. The van der Waals surface area contributed by atoms with Gasteiger partial charge < -0.3 is 14.4 Å². The molecular weight excluding hydrogens is 428 g/mol. The van der Waals surface area contributed by atoms with E-state index in [2.05, 4.69) is 4.72 Å². The third-order valence-electron chi connectivity index (χ3n) is 5.90. The molecule has 1 atom stereocenters. The number of carboxylic acids is 1. The Balaban J connectivity index is 2.19. The van der Waals surface area contributed by atoms with Gasteiger partial charge in [-0.2, -0.15) is 0 Å². The first-order valence-corrected chi connectivity index (χ1v) is 12.3. The van der Waals surface area contributed by atoms with Crippen LogP contribution in [0.25, 0.3) is 22.0 Å². The molecule has 170 valence electrons. The minimum Gasteiger partial charge on any atom is -0.479 e. The molecule has 2 N–H and O–H groups in total. The van der Waals surface area contributed by atoms with Crippen molar-refractivity contribution in [2.24, 2.45) is 0 Å². The normalized spacial score (nSPS) is 16.1. The molecule has 2 heterocycles. The van der Waals surface area contributed by atoms with Crippen LogP contribution in [-0.4, -0.2) is 35.9 Å². The van der Waals surface area contributed by atoms with E-state index in [0.29, 0.717) is 23.4 Å². The maximum atomic E-state index is 12.6. The molecule has 1 aliphatic rings. The fraction of sp³-hybridized carbons (Fsp3) is 0.375. The lowest BCUT2D eigenvalue weighted by Crippen LogP contribution is -2.22. The highest BCUT2D eigenvalue weighted by molar-refractivity contribution is 7.92. The van der Waals surface area contributed by atoms with E-state index in [4.69, 9.17) is 4.74 Å². The summed E-state index contributed by atoms with van der Waals surface area (Å²) in [4.78, 5) is 12.4. The van der Waals surface area contributed by atoms with Crippen LogP contribution in [0.3, 0.4) is 0 Å². The van der Waals surface area contributed by atoms with E-state index in [9.17, 15) is 18.3 Å². The highest BCUT2D eigenvalue weighted by atomic mass is 32.2. The predicted octanol–water partition coefficient (Wildman–Crippen LogP) is 4.54. The quantitative estimate of drug-likeness (QED) is 0.587. The number of nitrogens with one attached hydrogen (secondary N) is 1. The Morgan fingerprint density at radius 1 is 1.16 bits per heavy atom. The second-order valence-corrected chi connectivity index (χ2v) is 10.5. The number of benzene rings is 2. The van der Waals surface area contributed by atoms with Gasteiger partial charge in [0.25, 0.3) is 0 Å². The van der Waals surface area contributed by atoms with Crippen molar-refractivity contribution in [1.82, 2.24) is 4.57 Å². The molecule has 0 saturated heterocycles. The molecule has 7 nitrogen and oxygen atoms in total. The van der Waals surface area contributed by atoms with Gasteiger partial charge in [0.15, 0.2) is 6.10 Å². The van der Waals surface area contributed by atoms with Crippen LogP contribution < -0.4 is 4.72 Å². The van der Waals surface area contributed by atoms with Crippen molar-refractivity contribution in [3.63, 3.8) is 0 Å². The summed E-state index contributed by atoms with van der Waals surface area (Å²) in [5.41, 5.74) is 5.91. The molecule has 0 spiro atoms. The number of aromatic nitrogens is 1. The average molecular weight is 457 g/mol. The first kappa shape index (κ1) is 22.4.